The molecule has 17 heavy (non-hydrogen) atoms. The van der Waals surface area contributed by atoms with Gasteiger partial charge in [-0.3, -0.25) is 4.79 Å². The van der Waals surface area contributed by atoms with Crippen LogP contribution in [0.15, 0.2) is 24.3 Å². The molecule has 1 aromatic heterocycles. The third-order valence-corrected chi connectivity index (χ3v) is 2.86. The molecule has 5 nitrogen and oxygen atoms in total. The second-order valence-corrected chi connectivity index (χ2v) is 4.57. The fourth-order valence-electron chi connectivity index (χ4n) is 1.15. The number of anilines is 1. The van der Waals surface area contributed by atoms with Crippen molar-refractivity contribution in [3.05, 3.63) is 39.3 Å². The van der Waals surface area contributed by atoms with Crippen molar-refractivity contribution in [2.75, 3.05) is 5.32 Å². The predicted octanol–water partition coefficient (Wildman–Crippen LogP) is 2.32. The first kappa shape index (κ1) is 11.5. The molecule has 0 bridgehead atoms. The molecular formula is C10H5ClN4OS. The maximum atomic E-state index is 11.7. The van der Waals surface area contributed by atoms with E-state index >= 15 is 0 Å². The highest BCUT2D eigenvalue weighted by atomic mass is 35.5. The molecule has 0 aliphatic rings. The van der Waals surface area contributed by atoms with E-state index in [9.17, 15) is 4.79 Å². The topological polar surface area (TPSA) is 78.7 Å². The lowest BCUT2D eigenvalue weighted by atomic mass is 10.2. The Balaban J connectivity index is 2.16. The number of nitriles is 1. The van der Waals surface area contributed by atoms with Crippen molar-refractivity contribution in [3.8, 4) is 6.07 Å². The molecule has 0 unspecified atom stereocenters. The van der Waals surface area contributed by atoms with E-state index in [1.54, 1.807) is 24.3 Å². The minimum Gasteiger partial charge on any atom is -0.320 e. The van der Waals surface area contributed by atoms with Gasteiger partial charge in [0.25, 0.3) is 5.91 Å². The molecule has 1 amide bonds. The number of benzene rings is 1. The van der Waals surface area contributed by atoms with E-state index in [0.717, 1.165) is 11.3 Å². The Labute approximate surface area is 106 Å². The summed E-state index contributed by atoms with van der Waals surface area (Å²) in [7, 11) is 0. The van der Waals surface area contributed by atoms with Gasteiger partial charge in [0.2, 0.25) is 9.47 Å². The second-order valence-electron chi connectivity index (χ2n) is 3.01. The molecule has 1 aromatic carbocycles. The quantitative estimate of drug-likeness (QED) is 0.903. The molecule has 1 heterocycles. The highest BCUT2D eigenvalue weighted by molar-refractivity contribution is 7.17. The molecule has 0 saturated carbocycles. The summed E-state index contributed by atoms with van der Waals surface area (Å²) in [6.45, 7) is 0. The summed E-state index contributed by atoms with van der Waals surface area (Å²) in [5.41, 5.74) is 0.999. The molecule has 0 radical (unpaired) electrons. The van der Waals surface area contributed by atoms with Crippen molar-refractivity contribution >= 4 is 34.5 Å². The number of halogens is 1. The third kappa shape index (κ3) is 2.78. The first-order chi connectivity index (χ1) is 8.19. The Hall–Kier alpha value is -1.97. The fraction of sp³-hybridized carbons (Fsp3) is 0. The summed E-state index contributed by atoms with van der Waals surface area (Å²) in [5, 5.41) is 18.6. The number of aromatic nitrogens is 2. The zero-order valence-corrected chi connectivity index (χ0v) is 9.92. The number of hydrogen-bond donors (Lipinski definition) is 1. The summed E-state index contributed by atoms with van der Waals surface area (Å²) in [4.78, 5) is 11.7. The van der Waals surface area contributed by atoms with Crippen molar-refractivity contribution < 1.29 is 4.79 Å². The van der Waals surface area contributed by atoms with E-state index in [0.29, 0.717) is 11.3 Å². The van der Waals surface area contributed by atoms with Crippen LogP contribution in [0.4, 0.5) is 5.69 Å². The molecule has 2 rings (SSSR count). The number of carbonyl (C=O) groups is 1. The molecule has 0 fully saturated rings. The van der Waals surface area contributed by atoms with Crippen LogP contribution in [0, 0.1) is 11.3 Å². The van der Waals surface area contributed by atoms with E-state index in [2.05, 4.69) is 15.5 Å². The van der Waals surface area contributed by atoms with Crippen LogP contribution in [0.25, 0.3) is 0 Å². The molecule has 0 aliphatic heterocycles. The summed E-state index contributed by atoms with van der Waals surface area (Å²) < 4.78 is 0.209. The zero-order chi connectivity index (χ0) is 12.3. The first-order valence-electron chi connectivity index (χ1n) is 4.49. The number of rotatable bonds is 2. The van der Waals surface area contributed by atoms with Crippen molar-refractivity contribution in [1.82, 2.24) is 10.2 Å². The van der Waals surface area contributed by atoms with E-state index in [1.807, 2.05) is 6.07 Å². The average molecular weight is 265 g/mol. The Bertz CT molecular complexity index is 604. The lowest BCUT2D eigenvalue weighted by Crippen LogP contribution is -2.11. The second kappa shape index (κ2) is 4.91. The van der Waals surface area contributed by atoms with Crippen LogP contribution in [-0.2, 0) is 0 Å². The van der Waals surface area contributed by atoms with Crippen molar-refractivity contribution in [1.29, 1.82) is 5.26 Å². The van der Waals surface area contributed by atoms with E-state index in [1.165, 1.54) is 0 Å². The molecule has 0 atom stereocenters. The highest BCUT2D eigenvalue weighted by Crippen LogP contribution is 2.17. The van der Waals surface area contributed by atoms with Crippen LogP contribution in [0.2, 0.25) is 4.47 Å². The standard InChI is InChI=1S/C10H5ClN4OS/c11-10-15-14-9(17-10)8(16)13-7-3-1-2-6(4-7)5-12/h1-4H,(H,13,16). The molecule has 84 valence electrons. The van der Waals surface area contributed by atoms with Crippen LogP contribution in [0.5, 0.6) is 0 Å². The molecule has 0 saturated heterocycles. The van der Waals surface area contributed by atoms with Crippen molar-refractivity contribution in [2.24, 2.45) is 0 Å². The zero-order valence-electron chi connectivity index (χ0n) is 8.35. The maximum absolute atomic E-state index is 11.7. The predicted molar refractivity (Wildman–Crippen MR) is 64.0 cm³/mol. The van der Waals surface area contributed by atoms with Gasteiger partial charge < -0.3 is 5.32 Å². The van der Waals surface area contributed by atoms with Gasteiger partial charge in [-0.15, -0.1) is 10.2 Å². The minimum atomic E-state index is -0.399. The Morgan fingerprint density at radius 1 is 1.47 bits per heavy atom. The lowest BCUT2D eigenvalue weighted by molar-refractivity contribution is 0.102. The Kier molecular flexibility index (Phi) is 3.32. The highest BCUT2D eigenvalue weighted by Gasteiger charge is 2.12. The van der Waals surface area contributed by atoms with Crippen LogP contribution < -0.4 is 5.32 Å². The van der Waals surface area contributed by atoms with Crippen molar-refractivity contribution in [2.45, 2.75) is 0 Å². The minimum absolute atomic E-state index is 0.178. The van der Waals surface area contributed by atoms with E-state index in [4.69, 9.17) is 16.9 Å². The summed E-state index contributed by atoms with van der Waals surface area (Å²) in [6.07, 6.45) is 0. The van der Waals surface area contributed by atoms with Gasteiger partial charge in [0, 0.05) is 5.69 Å². The number of carbonyl (C=O) groups excluding carboxylic acids is 1. The molecule has 7 heteroatoms. The maximum Gasteiger partial charge on any atom is 0.286 e. The lowest BCUT2D eigenvalue weighted by Gasteiger charge is -2.01. The van der Waals surface area contributed by atoms with Gasteiger partial charge in [-0.25, -0.2) is 0 Å². The van der Waals surface area contributed by atoms with Gasteiger partial charge in [0.15, 0.2) is 0 Å². The summed E-state index contributed by atoms with van der Waals surface area (Å²) in [6, 6.07) is 8.57. The van der Waals surface area contributed by atoms with Crippen molar-refractivity contribution in [3.63, 3.8) is 0 Å². The third-order valence-electron chi connectivity index (χ3n) is 1.84. The molecule has 0 aliphatic carbocycles. The Morgan fingerprint density at radius 2 is 2.29 bits per heavy atom. The van der Waals surface area contributed by atoms with Gasteiger partial charge in [-0.2, -0.15) is 5.26 Å². The number of nitrogens with zero attached hydrogens (tertiary/aromatic N) is 3. The van der Waals surface area contributed by atoms with Crippen LogP contribution in [-0.4, -0.2) is 16.1 Å². The largest absolute Gasteiger partial charge is 0.320 e. The van der Waals surface area contributed by atoms with E-state index in [-0.39, 0.29) is 9.47 Å². The van der Waals surface area contributed by atoms with Crippen LogP contribution in [0.1, 0.15) is 15.4 Å². The van der Waals surface area contributed by atoms with Gasteiger partial charge >= 0.3 is 0 Å². The SMILES string of the molecule is N#Cc1cccc(NC(=O)c2nnc(Cl)s2)c1. The molecule has 0 spiro atoms. The van der Waals surface area contributed by atoms with Gasteiger partial charge in [0.1, 0.15) is 0 Å². The number of hydrogen-bond acceptors (Lipinski definition) is 5. The van der Waals surface area contributed by atoms with Gasteiger partial charge in [-0.1, -0.05) is 17.4 Å². The summed E-state index contributed by atoms with van der Waals surface area (Å²) >= 11 is 6.57. The normalized spacial score (nSPS) is 9.65. The van der Waals surface area contributed by atoms with Gasteiger partial charge in [0.05, 0.1) is 11.6 Å². The number of amides is 1. The smallest absolute Gasteiger partial charge is 0.286 e. The van der Waals surface area contributed by atoms with Crippen LogP contribution >= 0.6 is 22.9 Å². The van der Waals surface area contributed by atoms with Crippen LogP contribution in [0.3, 0.4) is 0 Å². The first-order valence-corrected chi connectivity index (χ1v) is 5.69. The number of nitrogens with one attached hydrogen (secondary N) is 1. The monoisotopic (exact) mass is 264 g/mol. The summed E-state index contributed by atoms with van der Waals surface area (Å²) in [5.74, 6) is -0.399. The van der Waals surface area contributed by atoms with E-state index < -0.39 is 5.91 Å². The molecular weight excluding hydrogens is 260 g/mol. The Morgan fingerprint density at radius 3 is 2.94 bits per heavy atom. The molecule has 1 N–H and O–H groups in total. The van der Waals surface area contributed by atoms with Gasteiger partial charge in [-0.05, 0) is 29.8 Å². The average Bonchev–Trinajstić information content (AvgIpc) is 2.76. The molecule has 2 aromatic rings. The fourth-order valence-corrected chi connectivity index (χ4v) is 1.87.